The van der Waals surface area contributed by atoms with E-state index in [9.17, 15) is 4.79 Å². The van der Waals surface area contributed by atoms with Gasteiger partial charge in [-0.15, -0.1) is 0 Å². The van der Waals surface area contributed by atoms with Crippen molar-refractivity contribution in [2.75, 3.05) is 4.90 Å². The summed E-state index contributed by atoms with van der Waals surface area (Å²) in [5.74, 6) is 0.542. The molecule has 0 fully saturated rings. The minimum absolute atomic E-state index is 0.118. The van der Waals surface area contributed by atoms with E-state index >= 15 is 0 Å². The molecule has 1 unspecified atom stereocenters. The summed E-state index contributed by atoms with van der Waals surface area (Å²) in [5, 5.41) is 0. The second kappa shape index (κ2) is 7.12. The number of rotatable bonds is 2. The predicted octanol–water partition coefficient (Wildman–Crippen LogP) is 5.83. The highest BCUT2D eigenvalue weighted by molar-refractivity contribution is 5.99. The van der Waals surface area contributed by atoms with Crippen molar-refractivity contribution in [2.45, 2.75) is 19.9 Å². The first-order chi connectivity index (χ1) is 13.1. The fourth-order valence-corrected chi connectivity index (χ4v) is 3.42. The van der Waals surface area contributed by atoms with Crippen LogP contribution in [0.25, 0.3) is 5.57 Å². The Morgan fingerprint density at radius 3 is 2.30 bits per heavy atom. The number of aryl methyl sites for hydroxylation is 1. The van der Waals surface area contributed by atoms with Gasteiger partial charge in [0, 0.05) is 5.56 Å². The van der Waals surface area contributed by atoms with Gasteiger partial charge in [-0.25, -0.2) is 4.79 Å². The smallest absolute Gasteiger partial charge is 0.410 e. The maximum absolute atomic E-state index is 12.9. The zero-order valence-electron chi connectivity index (χ0n) is 15.4. The first kappa shape index (κ1) is 17.1. The molecule has 0 saturated heterocycles. The summed E-state index contributed by atoms with van der Waals surface area (Å²) >= 11 is 0. The van der Waals surface area contributed by atoms with Gasteiger partial charge >= 0.3 is 6.09 Å². The van der Waals surface area contributed by atoms with Gasteiger partial charge in [0.15, 0.2) is 0 Å². The highest BCUT2D eigenvalue weighted by atomic mass is 16.6. The molecule has 3 nitrogen and oxygen atoms in total. The number of nitrogens with zero attached hydrogens (tertiary/aromatic N) is 1. The average Bonchev–Trinajstić information content (AvgIpc) is 2.68. The van der Waals surface area contributed by atoms with E-state index in [4.69, 9.17) is 4.74 Å². The van der Waals surface area contributed by atoms with Crippen molar-refractivity contribution in [1.82, 2.24) is 0 Å². The number of benzene rings is 3. The summed E-state index contributed by atoms with van der Waals surface area (Å²) in [6.07, 6.45) is 1.75. The molecule has 27 heavy (non-hydrogen) atoms. The lowest BCUT2D eigenvalue weighted by Gasteiger charge is -2.33. The molecule has 0 N–H and O–H groups in total. The van der Waals surface area contributed by atoms with Crippen molar-refractivity contribution >= 4 is 17.4 Å². The standard InChI is InChI=1S/C24H21NO2/c1-17-12-14-19(15-13-17)22-16-18(2)25(23-11-7-6-10-21(22)23)24(26)27-20-8-4-3-5-9-20/h3-16,18H,1-2H3. The number of anilines is 1. The number of ether oxygens (including phenoxy) is 1. The fraction of sp³-hybridized carbons (Fsp3) is 0.125. The van der Waals surface area contributed by atoms with Gasteiger partial charge in [0.1, 0.15) is 5.75 Å². The summed E-state index contributed by atoms with van der Waals surface area (Å²) in [5.41, 5.74) is 5.41. The molecule has 0 saturated carbocycles. The first-order valence-corrected chi connectivity index (χ1v) is 9.08. The van der Waals surface area contributed by atoms with Crippen molar-refractivity contribution in [3.05, 3.63) is 102 Å². The Bertz CT molecular complexity index is 990. The van der Waals surface area contributed by atoms with Crippen LogP contribution in [0.15, 0.2) is 84.9 Å². The number of fused-ring (bicyclic) bond motifs is 1. The third-order valence-electron chi connectivity index (χ3n) is 4.78. The molecule has 0 bridgehead atoms. The highest BCUT2D eigenvalue weighted by Crippen LogP contribution is 2.38. The van der Waals surface area contributed by atoms with E-state index in [1.807, 2.05) is 43.3 Å². The highest BCUT2D eigenvalue weighted by Gasteiger charge is 2.30. The SMILES string of the molecule is Cc1ccc(C2=CC(C)N(C(=O)Oc3ccccc3)c3ccccc32)cc1. The molecule has 134 valence electrons. The van der Waals surface area contributed by atoms with Crippen LogP contribution in [-0.2, 0) is 0 Å². The number of para-hydroxylation sites is 2. The Labute approximate surface area is 159 Å². The Hall–Kier alpha value is -3.33. The fourth-order valence-electron chi connectivity index (χ4n) is 3.42. The van der Waals surface area contributed by atoms with Crippen LogP contribution in [0.3, 0.4) is 0 Å². The molecule has 3 aromatic carbocycles. The van der Waals surface area contributed by atoms with Gasteiger partial charge in [0.2, 0.25) is 0 Å². The first-order valence-electron chi connectivity index (χ1n) is 9.08. The van der Waals surface area contributed by atoms with E-state index in [-0.39, 0.29) is 12.1 Å². The number of carbonyl (C=O) groups is 1. The molecule has 1 amide bonds. The quantitative estimate of drug-likeness (QED) is 0.578. The molecular formula is C24H21NO2. The Morgan fingerprint density at radius 2 is 1.56 bits per heavy atom. The molecular weight excluding hydrogens is 334 g/mol. The number of hydrogen-bond donors (Lipinski definition) is 0. The van der Waals surface area contributed by atoms with Crippen LogP contribution >= 0.6 is 0 Å². The van der Waals surface area contributed by atoms with Gasteiger partial charge in [-0.2, -0.15) is 0 Å². The second-order valence-corrected chi connectivity index (χ2v) is 6.76. The zero-order chi connectivity index (χ0) is 18.8. The van der Waals surface area contributed by atoms with Crippen molar-refractivity contribution < 1.29 is 9.53 Å². The van der Waals surface area contributed by atoms with Crippen LogP contribution < -0.4 is 9.64 Å². The van der Waals surface area contributed by atoms with Gasteiger partial charge in [0.25, 0.3) is 0 Å². The van der Waals surface area contributed by atoms with Gasteiger partial charge in [0.05, 0.1) is 11.7 Å². The molecule has 0 radical (unpaired) electrons. The average molecular weight is 355 g/mol. The molecule has 1 atom stereocenters. The van der Waals surface area contributed by atoms with Crippen LogP contribution in [0.4, 0.5) is 10.5 Å². The summed E-state index contributed by atoms with van der Waals surface area (Å²) in [4.78, 5) is 14.6. The zero-order valence-corrected chi connectivity index (χ0v) is 15.4. The predicted molar refractivity (Wildman–Crippen MR) is 109 cm³/mol. The Morgan fingerprint density at radius 1 is 0.889 bits per heavy atom. The summed E-state index contributed by atoms with van der Waals surface area (Å²) in [6.45, 7) is 4.09. The minimum Gasteiger partial charge on any atom is -0.410 e. The normalized spacial score (nSPS) is 15.7. The van der Waals surface area contributed by atoms with Gasteiger partial charge in [-0.3, -0.25) is 4.90 Å². The molecule has 1 heterocycles. The van der Waals surface area contributed by atoms with E-state index in [1.165, 1.54) is 5.56 Å². The molecule has 4 rings (SSSR count). The number of carbonyl (C=O) groups excluding carboxylic acids is 1. The molecule has 3 aromatic rings. The van der Waals surface area contributed by atoms with Gasteiger partial charge in [-0.05, 0) is 43.2 Å². The van der Waals surface area contributed by atoms with Gasteiger partial charge < -0.3 is 4.74 Å². The number of hydrogen-bond acceptors (Lipinski definition) is 2. The molecule has 0 aromatic heterocycles. The molecule has 3 heteroatoms. The lowest BCUT2D eigenvalue weighted by atomic mass is 9.90. The van der Waals surface area contributed by atoms with Crippen molar-refractivity contribution in [3.63, 3.8) is 0 Å². The van der Waals surface area contributed by atoms with Gasteiger partial charge in [-0.1, -0.05) is 72.3 Å². The topological polar surface area (TPSA) is 29.5 Å². The van der Waals surface area contributed by atoms with Crippen LogP contribution in [0.2, 0.25) is 0 Å². The maximum Gasteiger partial charge on any atom is 0.420 e. The van der Waals surface area contributed by atoms with E-state index < -0.39 is 0 Å². The van der Waals surface area contributed by atoms with Crippen molar-refractivity contribution in [1.29, 1.82) is 0 Å². The van der Waals surface area contributed by atoms with E-state index in [1.54, 1.807) is 17.0 Å². The molecule has 1 aliphatic heterocycles. The van der Waals surface area contributed by atoms with Crippen LogP contribution in [0, 0.1) is 6.92 Å². The maximum atomic E-state index is 12.9. The van der Waals surface area contributed by atoms with E-state index in [0.29, 0.717) is 5.75 Å². The Balaban J connectivity index is 1.72. The largest absolute Gasteiger partial charge is 0.420 e. The summed E-state index contributed by atoms with van der Waals surface area (Å²) < 4.78 is 5.60. The Kier molecular flexibility index (Phi) is 4.51. The summed E-state index contributed by atoms with van der Waals surface area (Å²) in [7, 11) is 0. The summed E-state index contributed by atoms with van der Waals surface area (Å²) in [6, 6.07) is 25.5. The molecule has 0 aliphatic carbocycles. The van der Waals surface area contributed by atoms with Crippen molar-refractivity contribution in [3.8, 4) is 5.75 Å². The lowest BCUT2D eigenvalue weighted by molar-refractivity contribution is 0.206. The van der Waals surface area contributed by atoms with Crippen molar-refractivity contribution in [2.24, 2.45) is 0 Å². The van der Waals surface area contributed by atoms with Crippen LogP contribution in [0.5, 0.6) is 5.75 Å². The molecule has 0 spiro atoms. The monoisotopic (exact) mass is 355 g/mol. The van der Waals surface area contributed by atoms with E-state index in [2.05, 4.69) is 43.3 Å². The molecule has 1 aliphatic rings. The van der Waals surface area contributed by atoms with E-state index in [0.717, 1.165) is 22.4 Å². The van der Waals surface area contributed by atoms with Crippen LogP contribution in [0.1, 0.15) is 23.6 Å². The minimum atomic E-state index is -0.375. The third-order valence-corrected chi connectivity index (χ3v) is 4.78. The van der Waals surface area contributed by atoms with Crippen LogP contribution in [-0.4, -0.2) is 12.1 Å². The lowest BCUT2D eigenvalue weighted by Crippen LogP contribution is -2.42. The second-order valence-electron chi connectivity index (χ2n) is 6.76. The third kappa shape index (κ3) is 3.36. The number of amides is 1.